The summed E-state index contributed by atoms with van der Waals surface area (Å²) in [7, 11) is 0. The van der Waals surface area contributed by atoms with Gasteiger partial charge in [0.25, 0.3) is 17.5 Å². The zero-order chi connectivity index (χ0) is 22.2. The van der Waals surface area contributed by atoms with Crippen molar-refractivity contribution in [3.8, 4) is 0 Å². The van der Waals surface area contributed by atoms with E-state index in [0.717, 1.165) is 18.2 Å². The first kappa shape index (κ1) is 21.8. The van der Waals surface area contributed by atoms with Crippen molar-refractivity contribution in [2.45, 2.75) is 10.8 Å². The van der Waals surface area contributed by atoms with Crippen molar-refractivity contribution in [1.82, 2.24) is 4.90 Å². The van der Waals surface area contributed by atoms with E-state index in [-0.39, 0.29) is 21.7 Å². The molecule has 2 aromatic rings. The number of halogens is 4. The van der Waals surface area contributed by atoms with Gasteiger partial charge in [-0.25, -0.2) is 0 Å². The van der Waals surface area contributed by atoms with Crippen molar-refractivity contribution < 1.29 is 32.5 Å². The average molecular weight is 459 g/mol. The van der Waals surface area contributed by atoms with E-state index in [9.17, 15) is 37.7 Å². The number of benzene rings is 2. The van der Waals surface area contributed by atoms with E-state index in [2.05, 4.69) is 0 Å². The molecule has 1 heterocycles. The van der Waals surface area contributed by atoms with E-state index in [1.165, 1.54) is 24.3 Å². The van der Waals surface area contributed by atoms with Crippen LogP contribution in [0.2, 0.25) is 5.02 Å². The second-order valence-electron chi connectivity index (χ2n) is 6.10. The number of Topliss-reactive ketones (excluding diaryl/α,β-unsaturated/α-hetero) is 1. The zero-order valence-corrected chi connectivity index (χ0v) is 16.3. The Morgan fingerprint density at radius 1 is 1.13 bits per heavy atom. The van der Waals surface area contributed by atoms with Crippen LogP contribution in [0, 0.1) is 10.1 Å². The molecule has 0 bridgehead atoms. The summed E-state index contributed by atoms with van der Waals surface area (Å²) in [6.07, 6.45) is 0. The van der Waals surface area contributed by atoms with Crippen molar-refractivity contribution in [2.75, 3.05) is 6.54 Å². The minimum atomic E-state index is -4.83. The highest BCUT2D eigenvalue weighted by atomic mass is 35.5. The standard InChI is InChI=1S/C18H10ClF3N2O5S/c19-13-4-2-1-3-11(13)15(25)14(30-18(20,21)22)8-23-16(26)10-6-5-9(24(28)29)7-12(10)17(23)27/h1-7,14H,8H2. The Morgan fingerprint density at radius 2 is 1.77 bits per heavy atom. The lowest BCUT2D eigenvalue weighted by Crippen LogP contribution is -2.40. The van der Waals surface area contributed by atoms with E-state index < -0.39 is 57.3 Å². The molecule has 0 N–H and O–H groups in total. The van der Waals surface area contributed by atoms with E-state index >= 15 is 0 Å². The number of nitrogens with zero attached hydrogens (tertiary/aromatic N) is 2. The molecule has 0 saturated heterocycles. The van der Waals surface area contributed by atoms with Crippen molar-refractivity contribution in [1.29, 1.82) is 0 Å². The molecule has 156 valence electrons. The summed E-state index contributed by atoms with van der Waals surface area (Å²) in [5.41, 5.74) is -5.97. The Kier molecular flexibility index (Phi) is 5.86. The van der Waals surface area contributed by atoms with Gasteiger partial charge < -0.3 is 0 Å². The average Bonchev–Trinajstić information content (AvgIpc) is 2.90. The van der Waals surface area contributed by atoms with Crippen molar-refractivity contribution >= 4 is 46.6 Å². The maximum absolute atomic E-state index is 13.1. The number of ketones is 1. The maximum Gasteiger partial charge on any atom is 0.442 e. The second kappa shape index (κ2) is 8.07. The third kappa shape index (κ3) is 4.31. The summed E-state index contributed by atoms with van der Waals surface area (Å²) in [4.78, 5) is 48.4. The number of carbonyl (C=O) groups excluding carboxylic acids is 3. The lowest BCUT2D eigenvalue weighted by atomic mass is 10.1. The summed E-state index contributed by atoms with van der Waals surface area (Å²) in [5.74, 6) is -2.96. The van der Waals surface area contributed by atoms with Crippen LogP contribution in [0.15, 0.2) is 42.5 Å². The number of hydrogen-bond donors (Lipinski definition) is 0. The topological polar surface area (TPSA) is 97.6 Å². The first-order valence-corrected chi connectivity index (χ1v) is 9.43. The molecule has 1 aliphatic rings. The van der Waals surface area contributed by atoms with Gasteiger partial charge in [0.05, 0.1) is 26.3 Å². The number of rotatable bonds is 6. The number of alkyl halides is 3. The fraction of sp³-hybridized carbons (Fsp3) is 0.167. The van der Waals surface area contributed by atoms with Gasteiger partial charge in [-0.15, -0.1) is 0 Å². The molecule has 0 aliphatic carbocycles. The molecule has 1 aliphatic heterocycles. The molecule has 0 spiro atoms. The van der Waals surface area contributed by atoms with Gasteiger partial charge >= 0.3 is 5.51 Å². The van der Waals surface area contributed by atoms with Crippen LogP contribution in [-0.2, 0) is 0 Å². The van der Waals surface area contributed by atoms with Crippen LogP contribution in [-0.4, -0.2) is 44.7 Å². The number of nitro groups is 1. The zero-order valence-electron chi connectivity index (χ0n) is 14.7. The fourth-order valence-electron chi connectivity index (χ4n) is 2.89. The number of fused-ring (bicyclic) bond motifs is 1. The van der Waals surface area contributed by atoms with Crippen LogP contribution in [0.1, 0.15) is 31.1 Å². The normalized spacial score (nSPS) is 14.6. The Morgan fingerprint density at radius 3 is 2.37 bits per heavy atom. The van der Waals surface area contributed by atoms with E-state index in [1.807, 2.05) is 0 Å². The highest BCUT2D eigenvalue weighted by Crippen LogP contribution is 2.37. The van der Waals surface area contributed by atoms with Crippen LogP contribution in [0.4, 0.5) is 18.9 Å². The van der Waals surface area contributed by atoms with Gasteiger partial charge in [0.1, 0.15) is 0 Å². The van der Waals surface area contributed by atoms with Crippen LogP contribution < -0.4 is 0 Å². The van der Waals surface area contributed by atoms with Gasteiger partial charge in [0, 0.05) is 24.2 Å². The summed E-state index contributed by atoms with van der Waals surface area (Å²) in [5, 5.41) is 8.94. The molecule has 2 aromatic carbocycles. The molecular weight excluding hydrogens is 449 g/mol. The summed E-state index contributed by atoms with van der Waals surface area (Å²) >= 11 is 5.23. The van der Waals surface area contributed by atoms with Gasteiger partial charge in [-0.1, -0.05) is 23.7 Å². The Bertz CT molecular complexity index is 1080. The van der Waals surface area contributed by atoms with Crippen molar-refractivity contribution in [3.63, 3.8) is 0 Å². The molecule has 1 unspecified atom stereocenters. The number of nitro benzene ring substituents is 1. The number of hydrogen-bond acceptors (Lipinski definition) is 6. The number of imide groups is 1. The van der Waals surface area contributed by atoms with Gasteiger partial charge in [0.15, 0.2) is 5.78 Å². The highest BCUT2D eigenvalue weighted by molar-refractivity contribution is 8.01. The first-order valence-electron chi connectivity index (χ1n) is 8.17. The van der Waals surface area contributed by atoms with Gasteiger partial charge in [-0.2, -0.15) is 13.2 Å². The molecule has 0 saturated carbocycles. The molecule has 0 radical (unpaired) electrons. The van der Waals surface area contributed by atoms with E-state index in [1.54, 1.807) is 0 Å². The third-order valence-electron chi connectivity index (χ3n) is 4.22. The molecular formula is C18H10ClF3N2O5S. The van der Waals surface area contributed by atoms with Crippen LogP contribution in [0.3, 0.4) is 0 Å². The quantitative estimate of drug-likeness (QED) is 0.276. The van der Waals surface area contributed by atoms with Crippen LogP contribution in [0.25, 0.3) is 0 Å². The van der Waals surface area contributed by atoms with Gasteiger partial charge in [-0.3, -0.25) is 29.4 Å². The molecule has 2 amide bonds. The molecule has 12 heteroatoms. The molecule has 0 aromatic heterocycles. The van der Waals surface area contributed by atoms with Crippen molar-refractivity contribution in [2.24, 2.45) is 0 Å². The highest BCUT2D eigenvalue weighted by Gasteiger charge is 2.43. The van der Waals surface area contributed by atoms with Crippen LogP contribution >= 0.6 is 23.4 Å². The molecule has 7 nitrogen and oxygen atoms in total. The lowest BCUT2D eigenvalue weighted by molar-refractivity contribution is -0.384. The second-order valence-corrected chi connectivity index (χ2v) is 7.78. The van der Waals surface area contributed by atoms with Crippen molar-refractivity contribution in [3.05, 3.63) is 74.3 Å². The summed E-state index contributed by atoms with van der Waals surface area (Å²) in [6.45, 7) is -0.881. The molecule has 30 heavy (non-hydrogen) atoms. The predicted molar refractivity (Wildman–Crippen MR) is 102 cm³/mol. The Balaban J connectivity index is 1.94. The fourth-order valence-corrected chi connectivity index (χ4v) is 3.90. The first-order chi connectivity index (χ1) is 14.0. The summed E-state index contributed by atoms with van der Waals surface area (Å²) in [6, 6.07) is 8.39. The Labute approximate surface area is 175 Å². The van der Waals surface area contributed by atoms with Gasteiger partial charge in [0.2, 0.25) is 0 Å². The van der Waals surface area contributed by atoms with E-state index in [0.29, 0.717) is 4.90 Å². The van der Waals surface area contributed by atoms with E-state index in [4.69, 9.17) is 11.6 Å². The monoisotopic (exact) mass is 458 g/mol. The smallest absolute Gasteiger partial charge is 0.293 e. The lowest BCUT2D eigenvalue weighted by Gasteiger charge is -2.22. The Hall–Kier alpha value is -2.92. The van der Waals surface area contributed by atoms with Gasteiger partial charge in [-0.05, 0) is 30.0 Å². The molecule has 1 atom stereocenters. The number of carbonyl (C=O) groups is 3. The predicted octanol–water partition coefficient (Wildman–Crippen LogP) is 4.35. The number of thioether (sulfide) groups is 1. The molecule has 0 fully saturated rings. The number of amides is 2. The van der Waals surface area contributed by atoms with Crippen LogP contribution in [0.5, 0.6) is 0 Å². The maximum atomic E-state index is 13.1. The SMILES string of the molecule is O=C(c1ccccc1Cl)C(CN1C(=O)c2ccc([N+](=O)[O-])cc2C1=O)SC(F)(F)F. The third-order valence-corrected chi connectivity index (χ3v) is 5.47. The minimum Gasteiger partial charge on any atom is -0.293 e. The minimum absolute atomic E-state index is 0.0757. The summed E-state index contributed by atoms with van der Waals surface area (Å²) < 4.78 is 39.2. The number of non-ortho nitro benzene ring substituents is 1. The largest absolute Gasteiger partial charge is 0.442 e. The molecule has 3 rings (SSSR count).